The van der Waals surface area contributed by atoms with Gasteiger partial charge in [-0.05, 0) is 36.8 Å². The molecule has 1 saturated heterocycles. The van der Waals surface area contributed by atoms with Gasteiger partial charge in [0.05, 0.1) is 29.3 Å². The lowest BCUT2D eigenvalue weighted by atomic mass is 10.1. The number of carbonyl (C=O) groups is 2. The van der Waals surface area contributed by atoms with Gasteiger partial charge in [0, 0.05) is 26.2 Å². The summed E-state index contributed by atoms with van der Waals surface area (Å²) in [5, 5.41) is 5.48. The number of anilines is 1. The molecule has 0 aliphatic carbocycles. The third-order valence-electron chi connectivity index (χ3n) is 5.09. The summed E-state index contributed by atoms with van der Waals surface area (Å²) in [7, 11) is 0. The van der Waals surface area contributed by atoms with Gasteiger partial charge in [0.25, 0.3) is 0 Å². The van der Waals surface area contributed by atoms with E-state index in [-0.39, 0.29) is 18.0 Å². The van der Waals surface area contributed by atoms with E-state index in [2.05, 4.69) is 15.0 Å². The molecule has 1 fully saturated rings. The van der Waals surface area contributed by atoms with Crippen molar-refractivity contribution in [3.8, 4) is 0 Å². The Hall–Kier alpha value is -2.84. The number of aromatic nitrogens is 3. The van der Waals surface area contributed by atoms with Gasteiger partial charge in [-0.25, -0.2) is 14.3 Å². The molecule has 0 N–H and O–H groups in total. The van der Waals surface area contributed by atoms with E-state index in [9.17, 15) is 9.59 Å². The maximum Gasteiger partial charge on any atom is 0.358 e. The molecule has 31 heavy (non-hydrogen) atoms. The second kappa shape index (κ2) is 9.11. The number of benzene rings is 1. The molecule has 0 spiro atoms. The van der Waals surface area contributed by atoms with Gasteiger partial charge in [-0.1, -0.05) is 29.3 Å². The molecule has 2 aromatic heterocycles. The minimum absolute atomic E-state index is 0.0511. The topological polar surface area (TPSA) is 80.0 Å². The van der Waals surface area contributed by atoms with Crippen molar-refractivity contribution in [3.05, 3.63) is 57.8 Å². The predicted molar refractivity (Wildman–Crippen MR) is 118 cm³/mol. The second-order valence-corrected chi connectivity index (χ2v) is 7.95. The highest BCUT2D eigenvalue weighted by atomic mass is 35.5. The van der Waals surface area contributed by atoms with Crippen LogP contribution in [0.5, 0.6) is 0 Å². The van der Waals surface area contributed by atoms with Gasteiger partial charge in [0.1, 0.15) is 5.82 Å². The zero-order chi connectivity index (χ0) is 22.0. The predicted octanol–water partition coefficient (Wildman–Crippen LogP) is 3.10. The fourth-order valence-corrected chi connectivity index (χ4v) is 3.79. The number of piperazine rings is 1. The minimum Gasteiger partial charge on any atom is -0.461 e. The fourth-order valence-electron chi connectivity index (χ4n) is 3.46. The molecule has 1 aliphatic heterocycles. The van der Waals surface area contributed by atoms with E-state index in [0.29, 0.717) is 48.5 Å². The van der Waals surface area contributed by atoms with E-state index in [0.717, 1.165) is 11.4 Å². The van der Waals surface area contributed by atoms with Crippen molar-refractivity contribution >= 4 is 46.5 Å². The monoisotopic (exact) mass is 461 g/mol. The molecule has 0 radical (unpaired) electrons. The van der Waals surface area contributed by atoms with Gasteiger partial charge >= 0.3 is 5.97 Å². The first kappa shape index (κ1) is 21.4. The summed E-state index contributed by atoms with van der Waals surface area (Å²) in [4.78, 5) is 32.7. The molecule has 1 amide bonds. The van der Waals surface area contributed by atoms with Crippen molar-refractivity contribution in [1.82, 2.24) is 19.5 Å². The lowest BCUT2D eigenvalue weighted by Gasteiger charge is -2.35. The van der Waals surface area contributed by atoms with Gasteiger partial charge < -0.3 is 14.5 Å². The zero-order valence-electron chi connectivity index (χ0n) is 16.9. The van der Waals surface area contributed by atoms with Gasteiger partial charge in [-0.2, -0.15) is 0 Å². The molecule has 0 atom stereocenters. The van der Waals surface area contributed by atoms with Crippen LogP contribution in [0.2, 0.25) is 10.0 Å². The van der Waals surface area contributed by atoms with Crippen molar-refractivity contribution in [2.24, 2.45) is 0 Å². The lowest BCUT2D eigenvalue weighted by molar-refractivity contribution is -0.130. The molecule has 162 valence electrons. The van der Waals surface area contributed by atoms with Crippen LogP contribution in [0.4, 0.5) is 5.82 Å². The summed E-state index contributed by atoms with van der Waals surface area (Å²) in [6.07, 6.45) is 1.85. The summed E-state index contributed by atoms with van der Waals surface area (Å²) >= 11 is 12.0. The van der Waals surface area contributed by atoms with Gasteiger partial charge in [0.15, 0.2) is 11.3 Å². The first-order valence-corrected chi connectivity index (χ1v) is 10.7. The Labute approximate surface area is 189 Å². The largest absolute Gasteiger partial charge is 0.461 e. The number of rotatable bonds is 5. The highest BCUT2D eigenvalue weighted by molar-refractivity contribution is 6.42. The number of halogens is 2. The van der Waals surface area contributed by atoms with E-state index < -0.39 is 5.97 Å². The first-order chi connectivity index (χ1) is 14.9. The number of carbonyl (C=O) groups excluding carboxylic acids is 2. The molecule has 3 heterocycles. The quantitative estimate of drug-likeness (QED) is 0.543. The van der Waals surface area contributed by atoms with E-state index in [1.807, 2.05) is 23.1 Å². The Balaban J connectivity index is 1.38. The molecule has 1 aromatic carbocycles. The average Bonchev–Trinajstić information content (AvgIpc) is 3.20. The molecular formula is C21H21Cl2N5O3. The van der Waals surface area contributed by atoms with Crippen LogP contribution in [0.15, 0.2) is 36.5 Å². The highest BCUT2D eigenvalue weighted by Gasteiger charge is 2.23. The number of imidazole rings is 1. The molecule has 10 heteroatoms. The molecule has 0 saturated carbocycles. The highest BCUT2D eigenvalue weighted by Crippen LogP contribution is 2.23. The molecule has 1 aliphatic rings. The van der Waals surface area contributed by atoms with Crippen LogP contribution in [0.3, 0.4) is 0 Å². The number of hydrogen-bond donors (Lipinski definition) is 0. The Bertz CT molecular complexity index is 1130. The van der Waals surface area contributed by atoms with Crippen LogP contribution in [-0.4, -0.2) is 64.2 Å². The maximum atomic E-state index is 12.7. The minimum atomic E-state index is -0.469. The summed E-state index contributed by atoms with van der Waals surface area (Å²) < 4.78 is 6.56. The molecule has 3 aromatic rings. The van der Waals surface area contributed by atoms with E-state index in [1.165, 1.54) is 0 Å². The SMILES string of the molecule is CCOC(=O)c1cn2nc(N3CCN(C(=O)Cc4ccc(Cl)c(Cl)c4)CC3)ccc2n1. The zero-order valence-corrected chi connectivity index (χ0v) is 18.4. The standard InChI is InChI=1S/C21H21Cl2N5O3/c1-2-31-21(30)17-13-28-18(24-17)5-6-19(25-28)26-7-9-27(10-8-26)20(29)12-14-3-4-15(22)16(23)11-14/h3-6,11,13H,2,7-10,12H2,1H3. The molecule has 8 nitrogen and oxygen atoms in total. The Morgan fingerprint density at radius 2 is 1.84 bits per heavy atom. The number of amides is 1. The van der Waals surface area contributed by atoms with Crippen LogP contribution in [-0.2, 0) is 16.0 Å². The van der Waals surface area contributed by atoms with Crippen LogP contribution in [0.25, 0.3) is 5.65 Å². The molecular weight excluding hydrogens is 441 g/mol. The fraction of sp³-hybridized carbons (Fsp3) is 0.333. The van der Waals surface area contributed by atoms with E-state index >= 15 is 0 Å². The summed E-state index contributed by atoms with van der Waals surface area (Å²) in [5.74, 6) is 0.343. The number of ether oxygens (including phenoxy) is 1. The first-order valence-electron chi connectivity index (χ1n) is 9.95. The molecule has 0 bridgehead atoms. The normalized spacial score (nSPS) is 14.2. The Morgan fingerprint density at radius 1 is 1.06 bits per heavy atom. The number of fused-ring (bicyclic) bond motifs is 1. The third kappa shape index (κ3) is 4.75. The smallest absolute Gasteiger partial charge is 0.358 e. The summed E-state index contributed by atoms with van der Waals surface area (Å²) in [6, 6.07) is 8.93. The third-order valence-corrected chi connectivity index (χ3v) is 5.83. The van der Waals surface area contributed by atoms with Crippen LogP contribution in [0.1, 0.15) is 23.0 Å². The Kier molecular flexibility index (Phi) is 6.29. The molecule has 0 unspecified atom stereocenters. The van der Waals surface area contributed by atoms with Gasteiger partial charge in [-0.15, -0.1) is 5.10 Å². The number of hydrogen-bond acceptors (Lipinski definition) is 6. The van der Waals surface area contributed by atoms with Crippen molar-refractivity contribution in [2.75, 3.05) is 37.7 Å². The number of esters is 1. The average molecular weight is 462 g/mol. The van der Waals surface area contributed by atoms with Crippen molar-refractivity contribution < 1.29 is 14.3 Å². The van der Waals surface area contributed by atoms with Gasteiger partial charge in [0.2, 0.25) is 5.91 Å². The van der Waals surface area contributed by atoms with Crippen LogP contribution >= 0.6 is 23.2 Å². The maximum absolute atomic E-state index is 12.7. The summed E-state index contributed by atoms with van der Waals surface area (Å²) in [5.41, 5.74) is 1.64. The van der Waals surface area contributed by atoms with Crippen molar-refractivity contribution in [1.29, 1.82) is 0 Å². The van der Waals surface area contributed by atoms with Crippen molar-refractivity contribution in [3.63, 3.8) is 0 Å². The van der Waals surface area contributed by atoms with E-state index in [1.54, 1.807) is 29.8 Å². The van der Waals surface area contributed by atoms with Crippen LogP contribution in [0, 0.1) is 0 Å². The van der Waals surface area contributed by atoms with Crippen LogP contribution < -0.4 is 4.90 Å². The number of nitrogens with zero attached hydrogens (tertiary/aromatic N) is 5. The van der Waals surface area contributed by atoms with Crippen molar-refractivity contribution in [2.45, 2.75) is 13.3 Å². The second-order valence-electron chi connectivity index (χ2n) is 7.13. The Morgan fingerprint density at radius 3 is 2.55 bits per heavy atom. The lowest BCUT2D eigenvalue weighted by Crippen LogP contribution is -2.49. The molecule has 4 rings (SSSR count). The summed E-state index contributed by atoms with van der Waals surface area (Å²) in [6.45, 7) is 4.55. The van der Waals surface area contributed by atoms with Gasteiger partial charge in [-0.3, -0.25) is 4.79 Å². The van der Waals surface area contributed by atoms with E-state index in [4.69, 9.17) is 27.9 Å².